The molecule has 104 valence electrons. The van der Waals surface area contributed by atoms with Gasteiger partial charge in [0.1, 0.15) is 0 Å². The summed E-state index contributed by atoms with van der Waals surface area (Å²) in [6, 6.07) is 6.07. The van der Waals surface area contributed by atoms with Crippen molar-refractivity contribution in [1.82, 2.24) is 0 Å². The standard InChI is InChI=1S/C14H19NO4/c1-4-8-14(2,3)19-15(10-16)12-7-5-6-11(9-12)13(17)18/h5-7,9-10H,4,8H2,1-3H3,(H,17,18). The van der Waals surface area contributed by atoms with Gasteiger partial charge in [-0.3, -0.25) is 9.63 Å². The maximum atomic E-state index is 11.1. The number of carboxylic acids is 1. The number of nitrogens with zero attached hydrogens (tertiary/aromatic N) is 1. The molecule has 0 spiro atoms. The molecule has 1 aromatic rings. The second-order valence-electron chi connectivity index (χ2n) is 4.89. The number of hydroxylamine groups is 1. The molecule has 0 aromatic heterocycles. The molecule has 0 fully saturated rings. The van der Waals surface area contributed by atoms with E-state index in [1.807, 2.05) is 20.8 Å². The quantitative estimate of drug-likeness (QED) is 0.608. The van der Waals surface area contributed by atoms with Crippen molar-refractivity contribution in [2.75, 3.05) is 5.06 Å². The smallest absolute Gasteiger partial charge is 0.335 e. The van der Waals surface area contributed by atoms with Crippen LogP contribution in [0.5, 0.6) is 0 Å². The molecular weight excluding hydrogens is 246 g/mol. The fourth-order valence-corrected chi connectivity index (χ4v) is 1.83. The number of benzene rings is 1. The molecule has 19 heavy (non-hydrogen) atoms. The molecule has 1 N–H and O–H groups in total. The van der Waals surface area contributed by atoms with Gasteiger partial charge in [-0.15, -0.1) is 0 Å². The molecule has 1 amide bonds. The maximum absolute atomic E-state index is 11.1. The highest BCUT2D eigenvalue weighted by molar-refractivity contribution is 5.89. The number of anilines is 1. The molecular formula is C14H19NO4. The molecule has 0 saturated heterocycles. The Bertz CT molecular complexity index is 457. The molecule has 0 radical (unpaired) electrons. The summed E-state index contributed by atoms with van der Waals surface area (Å²) in [7, 11) is 0. The Hall–Kier alpha value is -1.88. The van der Waals surface area contributed by atoms with Crippen molar-refractivity contribution < 1.29 is 19.5 Å². The molecule has 0 aliphatic heterocycles. The van der Waals surface area contributed by atoms with Gasteiger partial charge < -0.3 is 5.11 Å². The number of amides is 1. The van der Waals surface area contributed by atoms with Gasteiger partial charge in [0.25, 0.3) is 0 Å². The third-order valence-electron chi connectivity index (χ3n) is 2.64. The Kier molecular flexibility index (Phi) is 5.06. The number of hydrogen-bond acceptors (Lipinski definition) is 3. The molecule has 0 atom stereocenters. The Balaban J connectivity index is 2.94. The molecule has 1 rings (SSSR count). The van der Waals surface area contributed by atoms with Crippen molar-refractivity contribution in [1.29, 1.82) is 0 Å². The number of rotatable bonds is 7. The summed E-state index contributed by atoms with van der Waals surface area (Å²) in [6.07, 6.45) is 2.25. The fourth-order valence-electron chi connectivity index (χ4n) is 1.83. The first-order valence-electron chi connectivity index (χ1n) is 6.16. The van der Waals surface area contributed by atoms with Gasteiger partial charge in [0.2, 0.25) is 6.41 Å². The molecule has 5 nitrogen and oxygen atoms in total. The molecule has 0 unspecified atom stereocenters. The highest BCUT2D eigenvalue weighted by Crippen LogP contribution is 2.23. The van der Waals surface area contributed by atoms with Gasteiger partial charge in [-0.2, -0.15) is 5.06 Å². The van der Waals surface area contributed by atoms with Crippen molar-refractivity contribution in [3.8, 4) is 0 Å². The lowest BCUT2D eigenvalue weighted by Gasteiger charge is -2.29. The van der Waals surface area contributed by atoms with E-state index in [0.29, 0.717) is 12.1 Å². The number of carbonyl (C=O) groups excluding carboxylic acids is 1. The van der Waals surface area contributed by atoms with Crippen LogP contribution in [0.1, 0.15) is 44.0 Å². The second kappa shape index (κ2) is 6.33. The van der Waals surface area contributed by atoms with Gasteiger partial charge in [0.05, 0.1) is 16.9 Å². The van der Waals surface area contributed by atoms with E-state index in [9.17, 15) is 9.59 Å². The topological polar surface area (TPSA) is 66.8 Å². The first-order chi connectivity index (χ1) is 8.89. The number of aromatic carboxylic acids is 1. The van der Waals surface area contributed by atoms with Gasteiger partial charge in [-0.1, -0.05) is 19.4 Å². The van der Waals surface area contributed by atoms with Gasteiger partial charge >= 0.3 is 5.97 Å². The van der Waals surface area contributed by atoms with Crippen LogP contribution in [0.15, 0.2) is 24.3 Å². The summed E-state index contributed by atoms with van der Waals surface area (Å²) in [5.41, 5.74) is 0.0230. The van der Waals surface area contributed by atoms with Crippen LogP contribution >= 0.6 is 0 Å². The van der Waals surface area contributed by atoms with Gasteiger partial charge in [-0.05, 0) is 38.5 Å². The average Bonchev–Trinajstić information content (AvgIpc) is 2.36. The second-order valence-corrected chi connectivity index (χ2v) is 4.89. The van der Waals surface area contributed by atoms with Gasteiger partial charge in [0.15, 0.2) is 0 Å². The molecule has 0 aliphatic rings. The van der Waals surface area contributed by atoms with Crippen molar-refractivity contribution >= 4 is 18.1 Å². The van der Waals surface area contributed by atoms with E-state index >= 15 is 0 Å². The van der Waals surface area contributed by atoms with Crippen LogP contribution in [0.25, 0.3) is 0 Å². The van der Waals surface area contributed by atoms with Gasteiger partial charge in [0, 0.05) is 0 Å². The molecule has 0 saturated carbocycles. The third kappa shape index (κ3) is 4.37. The van der Waals surface area contributed by atoms with Crippen molar-refractivity contribution in [2.45, 2.75) is 39.2 Å². The van der Waals surface area contributed by atoms with Crippen LogP contribution < -0.4 is 5.06 Å². The van der Waals surface area contributed by atoms with Crippen LogP contribution in [0.4, 0.5) is 5.69 Å². The Morgan fingerprint density at radius 1 is 1.47 bits per heavy atom. The predicted molar refractivity (Wildman–Crippen MR) is 72.0 cm³/mol. The van der Waals surface area contributed by atoms with Crippen molar-refractivity contribution in [3.05, 3.63) is 29.8 Å². The first-order valence-corrected chi connectivity index (χ1v) is 6.16. The lowest BCUT2D eigenvalue weighted by atomic mass is 10.0. The summed E-state index contributed by atoms with van der Waals surface area (Å²) < 4.78 is 0. The predicted octanol–water partition coefficient (Wildman–Crippen LogP) is 2.86. The van der Waals surface area contributed by atoms with Crippen molar-refractivity contribution in [3.63, 3.8) is 0 Å². The zero-order chi connectivity index (χ0) is 14.5. The summed E-state index contributed by atoms with van der Waals surface area (Å²) in [5, 5.41) is 10.0. The normalized spacial score (nSPS) is 11.1. The summed E-state index contributed by atoms with van der Waals surface area (Å²) in [5.74, 6) is -1.04. The van der Waals surface area contributed by atoms with Crippen LogP contribution in [0.3, 0.4) is 0 Å². The summed E-state index contributed by atoms with van der Waals surface area (Å²) in [4.78, 5) is 27.6. The van der Waals surface area contributed by atoms with E-state index in [-0.39, 0.29) is 5.56 Å². The Morgan fingerprint density at radius 3 is 2.68 bits per heavy atom. The molecule has 0 bridgehead atoms. The highest BCUT2D eigenvalue weighted by Gasteiger charge is 2.22. The average molecular weight is 265 g/mol. The monoisotopic (exact) mass is 265 g/mol. The largest absolute Gasteiger partial charge is 0.478 e. The van der Waals surface area contributed by atoms with E-state index in [1.165, 1.54) is 12.1 Å². The minimum atomic E-state index is -1.04. The minimum absolute atomic E-state index is 0.112. The van der Waals surface area contributed by atoms with Gasteiger partial charge in [-0.25, -0.2) is 4.79 Å². The molecule has 1 aromatic carbocycles. The fraction of sp³-hybridized carbons (Fsp3) is 0.429. The molecule has 0 heterocycles. The highest BCUT2D eigenvalue weighted by atomic mass is 16.7. The lowest BCUT2D eigenvalue weighted by Crippen LogP contribution is -2.35. The number of hydrogen-bond donors (Lipinski definition) is 1. The molecule has 5 heteroatoms. The third-order valence-corrected chi connectivity index (χ3v) is 2.64. The summed E-state index contributed by atoms with van der Waals surface area (Å²) in [6.45, 7) is 5.80. The Morgan fingerprint density at radius 2 is 2.16 bits per heavy atom. The molecule has 0 aliphatic carbocycles. The Labute approximate surface area is 112 Å². The first kappa shape index (κ1) is 15.2. The van der Waals surface area contributed by atoms with Crippen LogP contribution in [-0.2, 0) is 9.63 Å². The lowest BCUT2D eigenvalue weighted by molar-refractivity contribution is -0.121. The van der Waals surface area contributed by atoms with Crippen LogP contribution in [0.2, 0.25) is 0 Å². The van der Waals surface area contributed by atoms with Crippen molar-refractivity contribution in [2.24, 2.45) is 0 Å². The van der Waals surface area contributed by atoms with Crippen LogP contribution in [0, 0.1) is 0 Å². The zero-order valence-electron chi connectivity index (χ0n) is 11.4. The SMILES string of the molecule is CCCC(C)(C)ON(C=O)c1cccc(C(=O)O)c1. The summed E-state index contributed by atoms with van der Waals surface area (Å²) >= 11 is 0. The number of carbonyl (C=O) groups is 2. The van der Waals surface area contributed by atoms with E-state index in [1.54, 1.807) is 12.1 Å². The minimum Gasteiger partial charge on any atom is -0.478 e. The van der Waals surface area contributed by atoms with E-state index < -0.39 is 11.6 Å². The van der Waals surface area contributed by atoms with E-state index in [0.717, 1.165) is 17.9 Å². The maximum Gasteiger partial charge on any atom is 0.335 e. The van der Waals surface area contributed by atoms with Crippen LogP contribution in [-0.4, -0.2) is 23.1 Å². The number of carboxylic acid groups (broad SMARTS) is 1. The van der Waals surface area contributed by atoms with E-state index in [4.69, 9.17) is 9.94 Å². The van der Waals surface area contributed by atoms with E-state index in [2.05, 4.69) is 0 Å². The zero-order valence-corrected chi connectivity index (χ0v) is 11.4.